The van der Waals surface area contributed by atoms with Gasteiger partial charge in [-0.1, -0.05) is 61.9 Å². The minimum atomic E-state index is -0.0806. The molecule has 3 rings (SSSR count). The van der Waals surface area contributed by atoms with E-state index in [9.17, 15) is 4.79 Å². The molecule has 3 nitrogen and oxygen atoms in total. The summed E-state index contributed by atoms with van der Waals surface area (Å²) >= 11 is 0. The Labute approximate surface area is 156 Å². The normalized spacial score (nSPS) is 12.5. The number of benzene rings is 2. The molecule has 1 amide bonds. The van der Waals surface area contributed by atoms with Crippen molar-refractivity contribution < 1.29 is 4.79 Å². The zero-order chi connectivity index (χ0) is 18.7. The lowest BCUT2D eigenvalue weighted by atomic mass is 9.95. The zero-order valence-corrected chi connectivity index (χ0v) is 16.1. The van der Waals surface area contributed by atoms with Crippen molar-refractivity contribution in [1.29, 1.82) is 0 Å². The topological polar surface area (TPSA) is 36.1 Å². The number of para-hydroxylation sites is 1. The first-order valence-electron chi connectivity index (χ1n) is 9.43. The van der Waals surface area contributed by atoms with E-state index < -0.39 is 0 Å². The maximum absolute atomic E-state index is 13.0. The molecule has 0 saturated carbocycles. The number of aromatic amines is 1. The third-order valence-corrected chi connectivity index (χ3v) is 4.86. The second kappa shape index (κ2) is 7.77. The Morgan fingerprint density at radius 1 is 1.08 bits per heavy atom. The first-order chi connectivity index (χ1) is 12.5. The van der Waals surface area contributed by atoms with Crippen molar-refractivity contribution in [3.05, 3.63) is 71.4 Å². The maximum Gasteiger partial charge on any atom is 0.223 e. The molecule has 0 aliphatic rings. The van der Waals surface area contributed by atoms with Crippen LogP contribution in [0.4, 0.5) is 0 Å². The highest BCUT2D eigenvalue weighted by molar-refractivity contribution is 5.85. The summed E-state index contributed by atoms with van der Waals surface area (Å²) in [6, 6.07) is 16.8. The van der Waals surface area contributed by atoms with Crippen LogP contribution in [-0.2, 0) is 4.79 Å². The molecule has 0 radical (unpaired) electrons. The molecule has 2 aromatic carbocycles. The fourth-order valence-corrected chi connectivity index (χ4v) is 3.57. The first-order valence-corrected chi connectivity index (χ1v) is 9.43. The van der Waals surface area contributed by atoms with E-state index in [4.69, 9.17) is 0 Å². The SMILES string of the molecule is CCN(C(=O)CC(C)C)[C@@H](c1ccc(C)cc1)c1c[nH]c2ccccc12. The van der Waals surface area contributed by atoms with Crippen LogP contribution in [0.5, 0.6) is 0 Å². The number of hydrogen-bond acceptors (Lipinski definition) is 1. The zero-order valence-electron chi connectivity index (χ0n) is 16.1. The van der Waals surface area contributed by atoms with Crippen LogP contribution in [0.15, 0.2) is 54.7 Å². The molecule has 0 unspecified atom stereocenters. The van der Waals surface area contributed by atoms with Gasteiger partial charge in [0.05, 0.1) is 6.04 Å². The van der Waals surface area contributed by atoms with Crippen LogP contribution in [0.2, 0.25) is 0 Å². The molecule has 136 valence electrons. The van der Waals surface area contributed by atoms with Crippen molar-refractivity contribution in [2.75, 3.05) is 6.54 Å². The van der Waals surface area contributed by atoms with Crippen molar-refractivity contribution in [3.8, 4) is 0 Å². The van der Waals surface area contributed by atoms with E-state index in [1.807, 2.05) is 11.0 Å². The lowest BCUT2D eigenvalue weighted by molar-refractivity contribution is -0.133. The molecule has 1 atom stereocenters. The summed E-state index contributed by atoms with van der Waals surface area (Å²) in [4.78, 5) is 18.4. The summed E-state index contributed by atoms with van der Waals surface area (Å²) in [5.74, 6) is 0.552. The molecule has 3 aromatic rings. The Hall–Kier alpha value is -2.55. The van der Waals surface area contributed by atoms with E-state index in [1.54, 1.807) is 0 Å². The first kappa shape index (κ1) is 18.2. The molecule has 0 bridgehead atoms. The maximum atomic E-state index is 13.0. The molecule has 1 heterocycles. The Morgan fingerprint density at radius 3 is 2.42 bits per heavy atom. The second-order valence-corrected chi connectivity index (χ2v) is 7.38. The number of aryl methyl sites for hydroxylation is 1. The lowest BCUT2D eigenvalue weighted by Gasteiger charge is -2.32. The Kier molecular flexibility index (Phi) is 5.46. The Morgan fingerprint density at radius 2 is 1.77 bits per heavy atom. The standard InChI is InChI=1S/C23H28N2O/c1-5-25(22(26)14-16(2)3)23(18-12-10-17(4)11-13-18)20-15-24-21-9-7-6-8-19(20)21/h6-13,15-16,23-24H,5,14H2,1-4H3/t23-/m0/s1. The predicted molar refractivity (Wildman–Crippen MR) is 108 cm³/mol. The van der Waals surface area contributed by atoms with Gasteiger partial charge >= 0.3 is 0 Å². The van der Waals surface area contributed by atoms with Gasteiger partial charge in [0.2, 0.25) is 5.91 Å². The lowest BCUT2D eigenvalue weighted by Crippen LogP contribution is -2.36. The molecule has 0 fully saturated rings. The number of H-pyrrole nitrogens is 1. The Balaban J connectivity index is 2.12. The predicted octanol–water partition coefficient (Wildman–Crippen LogP) is 5.46. The number of nitrogens with zero attached hydrogens (tertiary/aromatic N) is 1. The molecule has 0 saturated heterocycles. The fraction of sp³-hybridized carbons (Fsp3) is 0.348. The van der Waals surface area contributed by atoms with E-state index in [0.29, 0.717) is 18.9 Å². The minimum Gasteiger partial charge on any atom is -0.361 e. The number of aromatic nitrogens is 1. The van der Waals surface area contributed by atoms with Crippen molar-refractivity contribution in [1.82, 2.24) is 9.88 Å². The van der Waals surface area contributed by atoms with Gasteiger partial charge < -0.3 is 9.88 Å². The third-order valence-electron chi connectivity index (χ3n) is 4.86. The fourth-order valence-electron chi connectivity index (χ4n) is 3.57. The summed E-state index contributed by atoms with van der Waals surface area (Å²) in [5, 5.41) is 1.17. The van der Waals surface area contributed by atoms with Crippen LogP contribution < -0.4 is 0 Å². The summed E-state index contributed by atoms with van der Waals surface area (Å²) in [6.45, 7) is 9.03. The van der Waals surface area contributed by atoms with Crippen LogP contribution in [0, 0.1) is 12.8 Å². The molecular weight excluding hydrogens is 320 g/mol. The number of carbonyl (C=O) groups excluding carboxylic acids is 1. The van der Waals surface area contributed by atoms with Gasteiger partial charge in [-0.2, -0.15) is 0 Å². The quantitative estimate of drug-likeness (QED) is 0.631. The van der Waals surface area contributed by atoms with Gasteiger partial charge in [0.15, 0.2) is 0 Å². The van der Waals surface area contributed by atoms with Gasteiger partial charge in [-0.05, 0) is 31.4 Å². The van der Waals surface area contributed by atoms with Crippen LogP contribution in [0.3, 0.4) is 0 Å². The number of hydrogen-bond donors (Lipinski definition) is 1. The average molecular weight is 348 g/mol. The number of carbonyl (C=O) groups is 1. The van der Waals surface area contributed by atoms with E-state index in [1.165, 1.54) is 10.9 Å². The number of rotatable bonds is 6. The minimum absolute atomic E-state index is 0.0806. The van der Waals surface area contributed by atoms with Crippen LogP contribution >= 0.6 is 0 Å². The van der Waals surface area contributed by atoms with Crippen LogP contribution in [0.25, 0.3) is 10.9 Å². The van der Waals surface area contributed by atoms with Crippen LogP contribution in [-0.4, -0.2) is 22.3 Å². The van der Waals surface area contributed by atoms with Crippen molar-refractivity contribution >= 4 is 16.8 Å². The number of amides is 1. The summed E-state index contributed by atoms with van der Waals surface area (Å²) in [6.07, 6.45) is 2.62. The second-order valence-electron chi connectivity index (χ2n) is 7.38. The van der Waals surface area contributed by atoms with E-state index >= 15 is 0 Å². The van der Waals surface area contributed by atoms with E-state index in [0.717, 1.165) is 16.6 Å². The molecule has 0 aliphatic carbocycles. The van der Waals surface area contributed by atoms with Crippen LogP contribution in [0.1, 0.15) is 49.9 Å². The van der Waals surface area contributed by atoms with Gasteiger partial charge in [0.25, 0.3) is 0 Å². The number of fused-ring (bicyclic) bond motifs is 1. The molecule has 1 aromatic heterocycles. The van der Waals surface area contributed by atoms with Gasteiger partial charge in [-0.25, -0.2) is 0 Å². The third kappa shape index (κ3) is 3.67. The van der Waals surface area contributed by atoms with Gasteiger partial charge in [0, 0.05) is 35.6 Å². The molecule has 26 heavy (non-hydrogen) atoms. The summed E-state index contributed by atoms with van der Waals surface area (Å²) < 4.78 is 0. The van der Waals surface area contributed by atoms with Gasteiger partial charge in [-0.3, -0.25) is 4.79 Å². The molecule has 0 aliphatic heterocycles. The van der Waals surface area contributed by atoms with Crippen molar-refractivity contribution in [2.45, 2.75) is 40.2 Å². The largest absolute Gasteiger partial charge is 0.361 e. The summed E-state index contributed by atoms with van der Waals surface area (Å²) in [5.41, 5.74) is 4.64. The number of nitrogens with one attached hydrogen (secondary N) is 1. The summed E-state index contributed by atoms with van der Waals surface area (Å²) in [7, 11) is 0. The van der Waals surface area contributed by atoms with E-state index in [-0.39, 0.29) is 11.9 Å². The highest BCUT2D eigenvalue weighted by atomic mass is 16.2. The molecule has 1 N–H and O–H groups in total. The van der Waals surface area contributed by atoms with E-state index in [2.05, 4.69) is 81.3 Å². The molecule has 3 heteroatoms. The monoisotopic (exact) mass is 348 g/mol. The highest BCUT2D eigenvalue weighted by Gasteiger charge is 2.27. The smallest absolute Gasteiger partial charge is 0.223 e. The van der Waals surface area contributed by atoms with Crippen molar-refractivity contribution in [3.63, 3.8) is 0 Å². The van der Waals surface area contributed by atoms with Gasteiger partial charge in [-0.15, -0.1) is 0 Å². The molecule has 0 spiro atoms. The highest BCUT2D eigenvalue weighted by Crippen LogP contribution is 2.34. The Bertz CT molecular complexity index is 877. The van der Waals surface area contributed by atoms with Crippen molar-refractivity contribution in [2.24, 2.45) is 5.92 Å². The van der Waals surface area contributed by atoms with Gasteiger partial charge in [0.1, 0.15) is 0 Å². The average Bonchev–Trinajstić information content (AvgIpc) is 3.03. The molecular formula is C23H28N2O.